The third-order valence-electron chi connectivity index (χ3n) is 4.61. The van der Waals surface area contributed by atoms with E-state index in [2.05, 4.69) is 10.6 Å². The maximum atomic E-state index is 12.3. The number of methoxy groups -OCH3 is 2. The van der Waals surface area contributed by atoms with E-state index in [1.807, 2.05) is 0 Å². The van der Waals surface area contributed by atoms with Gasteiger partial charge < -0.3 is 25.0 Å². The van der Waals surface area contributed by atoms with Crippen molar-refractivity contribution in [2.75, 3.05) is 37.5 Å². The molecule has 0 saturated carbocycles. The van der Waals surface area contributed by atoms with Crippen LogP contribution in [0.2, 0.25) is 0 Å². The van der Waals surface area contributed by atoms with Crippen molar-refractivity contribution in [2.24, 2.45) is 0 Å². The largest absolute Gasteiger partial charge is 0.497 e. The highest BCUT2D eigenvalue weighted by Crippen LogP contribution is 2.28. The third kappa shape index (κ3) is 4.84. The molecule has 0 aliphatic carbocycles. The number of hydrogen-bond donors (Lipinski definition) is 2. The fourth-order valence-corrected chi connectivity index (χ4v) is 3.07. The molecule has 1 heterocycles. The van der Waals surface area contributed by atoms with Crippen molar-refractivity contribution in [2.45, 2.75) is 12.8 Å². The highest BCUT2D eigenvalue weighted by molar-refractivity contribution is 6.00. The van der Waals surface area contributed by atoms with Crippen LogP contribution < -0.4 is 25.0 Å². The van der Waals surface area contributed by atoms with Crippen LogP contribution in [0.3, 0.4) is 0 Å². The van der Waals surface area contributed by atoms with Crippen molar-refractivity contribution in [3.63, 3.8) is 0 Å². The number of nitrogens with zero attached hydrogens (tertiary/aromatic N) is 1. The standard InChI is InChI=1S/C21H23N3O5/c1-28-16-9-10-17(18(12-16)29-2)23-19(25)13-22-21(27)14-5-7-15(8-6-14)24-11-3-4-20(24)26/h5-10,12H,3-4,11,13H2,1-2H3,(H,22,27)(H,23,25). The van der Waals surface area contributed by atoms with Gasteiger partial charge in [0.25, 0.3) is 5.91 Å². The second-order valence-electron chi connectivity index (χ2n) is 6.49. The molecule has 0 spiro atoms. The number of carbonyl (C=O) groups excluding carboxylic acids is 3. The van der Waals surface area contributed by atoms with E-state index in [0.29, 0.717) is 35.7 Å². The number of carbonyl (C=O) groups is 3. The second kappa shape index (κ2) is 9.09. The summed E-state index contributed by atoms with van der Waals surface area (Å²) >= 11 is 0. The zero-order valence-corrected chi connectivity index (χ0v) is 16.4. The predicted molar refractivity (Wildman–Crippen MR) is 109 cm³/mol. The van der Waals surface area contributed by atoms with Gasteiger partial charge in [-0.3, -0.25) is 14.4 Å². The quantitative estimate of drug-likeness (QED) is 0.747. The minimum absolute atomic E-state index is 0.0906. The molecular weight excluding hydrogens is 374 g/mol. The van der Waals surface area contributed by atoms with Crippen LogP contribution in [0.15, 0.2) is 42.5 Å². The lowest BCUT2D eigenvalue weighted by Crippen LogP contribution is -2.33. The van der Waals surface area contributed by atoms with E-state index in [9.17, 15) is 14.4 Å². The number of ether oxygens (including phenoxy) is 2. The fraction of sp³-hybridized carbons (Fsp3) is 0.286. The zero-order valence-electron chi connectivity index (χ0n) is 16.4. The van der Waals surface area contributed by atoms with Crippen molar-refractivity contribution in [1.29, 1.82) is 0 Å². The maximum Gasteiger partial charge on any atom is 0.251 e. The lowest BCUT2D eigenvalue weighted by atomic mass is 10.2. The van der Waals surface area contributed by atoms with Gasteiger partial charge in [0.1, 0.15) is 11.5 Å². The Bertz CT molecular complexity index is 911. The Labute approximate surface area is 168 Å². The summed E-state index contributed by atoms with van der Waals surface area (Å²) in [6.07, 6.45) is 1.39. The number of rotatable bonds is 7. The predicted octanol–water partition coefficient (Wildman–Crippen LogP) is 2.20. The molecule has 0 unspecified atom stereocenters. The number of hydrogen-bond acceptors (Lipinski definition) is 5. The molecule has 1 fully saturated rings. The summed E-state index contributed by atoms with van der Waals surface area (Å²) in [5.74, 6) is 0.387. The van der Waals surface area contributed by atoms with Crippen molar-refractivity contribution in [1.82, 2.24) is 5.32 Å². The molecule has 2 aromatic rings. The maximum absolute atomic E-state index is 12.3. The Kier molecular flexibility index (Phi) is 6.33. The van der Waals surface area contributed by atoms with E-state index in [1.165, 1.54) is 14.2 Å². The van der Waals surface area contributed by atoms with Crippen LogP contribution in [0.4, 0.5) is 11.4 Å². The molecule has 0 aromatic heterocycles. The molecule has 0 bridgehead atoms. The van der Waals surface area contributed by atoms with Gasteiger partial charge in [-0.2, -0.15) is 0 Å². The first kappa shape index (κ1) is 20.2. The second-order valence-corrected chi connectivity index (χ2v) is 6.49. The average molecular weight is 397 g/mol. The summed E-state index contributed by atoms with van der Waals surface area (Å²) < 4.78 is 10.4. The molecule has 29 heavy (non-hydrogen) atoms. The van der Waals surface area contributed by atoms with E-state index in [1.54, 1.807) is 47.4 Å². The topological polar surface area (TPSA) is 97.0 Å². The van der Waals surface area contributed by atoms with Crippen LogP contribution in [0.25, 0.3) is 0 Å². The molecule has 3 rings (SSSR count). The highest BCUT2D eigenvalue weighted by Gasteiger charge is 2.21. The molecular formula is C21H23N3O5. The van der Waals surface area contributed by atoms with Gasteiger partial charge in [-0.15, -0.1) is 0 Å². The minimum atomic E-state index is -0.388. The molecule has 152 valence electrons. The Morgan fingerprint density at radius 1 is 1.07 bits per heavy atom. The summed E-state index contributed by atoms with van der Waals surface area (Å²) in [5, 5.41) is 5.27. The summed E-state index contributed by atoms with van der Waals surface area (Å²) in [4.78, 5) is 38.0. The van der Waals surface area contributed by atoms with Crippen LogP contribution in [-0.2, 0) is 9.59 Å². The fourth-order valence-electron chi connectivity index (χ4n) is 3.07. The lowest BCUT2D eigenvalue weighted by molar-refractivity contribution is -0.117. The summed E-state index contributed by atoms with van der Waals surface area (Å²) in [5.41, 5.74) is 1.66. The summed E-state index contributed by atoms with van der Waals surface area (Å²) in [6, 6.07) is 11.8. The molecule has 3 amide bonds. The Morgan fingerprint density at radius 3 is 2.45 bits per heavy atom. The summed E-state index contributed by atoms with van der Waals surface area (Å²) in [7, 11) is 3.03. The van der Waals surface area contributed by atoms with Crippen LogP contribution >= 0.6 is 0 Å². The normalized spacial score (nSPS) is 13.2. The van der Waals surface area contributed by atoms with Crippen molar-refractivity contribution in [3.05, 3.63) is 48.0 Å². The number of benzene rings is 2. The van der Waals surface area contributed by atoms with Gasteiger partial charge >= 0.3 is 0 Å². The Balaban J connectivity index is 1.55. The van der Waals surface area contributed by atoms with Gasteiger partial charge in [-0.05, 0) is 42.8 Å². The number of nitrogens with one attached hydrogen (secondary N) is 2. The molecule has 0 radical (unpaired) electrons. The molecule has 1 saturated heterocycles. The molecule has 8 heteroatoms. The first-order valence-electron chi connectivity index (χ1n) is 9.22. The molecule has 1 aliphatic heterocycles. The first-order valence-corrected chi connectivity index (χ1v) is 9.22. The van der Waals surface area contributed by atoms with Gasteiger partial charge in [0.05, 0.1) is 26.5 Å². The Hall–Kier alpha value is -3.55. The lowest BCUT2D eigenvalue weighted by Gasteiger charge is -2.16. The number of amides is 3. The monoisotopic (exact) mass is 397 g/mol. The van der Waals surface area contributed by atoms with Crippen LogP contribution in [-0.4, -0.2) is 45.0 Å². The SMILES string of the molecule is COc1ccc(NC(=O)CNC(=O)c2ccc(N3CCCC3=O)cc2)c(OC)c1. The van der Waals surface area contributed by atoms with E-state index < -0.39 is 0 Å². The van der Waals surface area contributed by atoms with Gasteiger partial charge in [-0.25, -0.2) is 0 Å². The highest BCUT2D eigenvalue weighted by atomic mass is 16.5. The minimum Gasteiger partial charge on any atom is -0.497 e. The zero-order chi connectivity index (χ0) is 20.8. The molecule has 2 aromatic carbocycles. The van der Waals surface area contributed by atoms with Gasteiger partial charge in [0.15, 0.2) is 0 Å². The molecule has 2 N–H and O–H groups in total. The van der Waals surface area contributed by atoms with Crippen molar-refractivity contribution < 1.29 is 23.9 Å². The first-order chi connectivity index (χ1) is 14.0. The third-order valence-corrected chi connectivity index (χ3v) is 4.61. The van der Waals surface area contributed by atoms with Crippen molar-refractivity contribution >= 4 is 29.1 Å². The smallest absolute Gasteiger partial charge is 0.251 e. The molecule has 1 aliphatic rings. The van der Waals surface area contributed by atoms with Gasteiger partial charge in [0.2, 0.25) is 11.8 Å². The summed E-state index contributed by atoms with van der Waals surface area (Å²) in [6.45, 7) is 0.500. The molecule has 8 nitrogen and oxygen atoms in total. The van der Waals surface area contributed by atoms with Gasteiger partial charge in [0, 0.05) is 30.3 Å². The van der Waals surface area contributed by atoms with E-state index in [4.69, 9.17) is 9.47 Å². The van der Waals surface area contributed by atoms with E-state index in [0.717, 1.165) is 12.1 Å². The average Bonchev–Trinajstić information content (AvgIpc) is 3.18. The van der Waals surface area contributed by atoms with E-state index in [-0.39, 0.29) is 24.3 Å². The van der Waals surface area contributed by atoms with Crippen LogP contribution in [0.5, 0.6) is 11.5 Å². The Morgan fingerprint density at radius 2 is 1.83 bits per heavy atom. The van der Waals surface area contributed by atoms with Crippen molar-refractivity contribution in [3.8, 4) is 11.5 Å². The number of anilines is 2. The van der Waals surface area contributed by atoms with Crippen LogP contribution in [0, 0.1) is 0 Å². The van der Waals surface area contributed by atoms with E-state index >= 15 is 0 Å². The molecule has 0 atom stereocenters. The van der Waals surface area contributed by atoms with Crippen LogP contribution in [0.1, 0.15) is 23.2 Å². The van der Waals surface area contributed by atoms with Gasteiger partial charge in [-0.1, -0.05) is 0 Å².